The fourth-order valence-corrected chi connectivity index (χ4v) is 4.88. The summed E-state index contributed by atoms with van der Waals surface area (Å²) in [4.78, 5) is 38.7. The number of carbonyl (C=O) groups excluding carboxylic acids is 3. The lowest BCUT2D eigenvalue weighted by Crippen LogP contribution is -2.54. The topological polar surface area (TPSA) is 75.7 Å². The van der Waals surface area contributed by atoms with E-state index < -0.39 is 17.8 Å². The minimum Gasteiger partial charge on any atom is -0.487 e. The van der Waals surface area contributed by atoms with Crippen molar-refractivity contribution in [2.24, 2.45) is 0 Å². The Balaban J connectivity index is 1.61. The number of imide groups is 2. The van der Waals surface area contributed by atoms with Crippen LogP contribution >= 0.6 is 43.5 Å². The molecule has 0 aromatic heterocycles. The molecule has 0 atom stereocenters. The van der Waals surface area contributed by atoms with Gasteiger partial charge in [0.05, 0.1) is 19.7 Å². The predicted octanol–water partition coefficient (Wildman–Crippen LogP) is 6.25. The van der Waals surface area contributed by atoms with Gasteiger partial charge in [0.25, 0.3) is 11.8 Å². The second-order valence-corrected chi connectivity index (χ2v) is 9.25. The van der Waals surface area contributed by atoms with E-state index in [1.54, 1.807) is 36.4 Å². The molecule has 10 heteroatoms. The molecule has 1 aliphatic heterocycles. The molecule has 0 unspecified atom stereocenters. The van der Waals surface area contributed by atoms with E-state index in [1.165, 1.54) is 30.3 Å². The zero-order chi connectivity index (χ0) is 24.4. The van der Waals surface area contributed by atoms with Gasteiger partial charge in [-0.3, -0.25) is 14.9 Å². The summed E-state index contributed by atoms with van der Waals surface area (Å²) in [5.41, 5.74) is 1.20. The van der Waals surface area contributed by atoms with Crippen LogP contribution in [-0.4, -0.2) is 17.8 Å². The summed E-state index contributed by atoms with van der Waals surface area (Å²) in [5, 5.41) is 2.35. The SMILES string of the molecule is O=C1NC(=O)N(c2ccccc2Cl)C(=O)/C1=C/c1cc(Br)c(OCc2ccc(F)cc2)c(Br)c1. The number of anilines is 1. The quantitative estimate of drug-likeness (QED) is 0.275. The summed E-state index contributed by atoms with van der Waals surface area (Å²) in [5.74, 6) is -1.47. The van der Waals surface area contributed by atoms with Crippen molar-refractivity contribution in [3.05, 3.63) is 97.1 Å². The van der Waals surface area contributed by atoms with Crippen LogP contribution in [0.5, 0.6) is 5.75 Å². The minimum atomic E-state index is -0.882. The van der Waals surface area contributed by atoms with Gasteiger partial charge in [-0.25, -0.2) is 14.1 Å². The first kappa shape index (κ1) is 24.1. The van der Waals surface area contributed by atoms with Crippen molar-refractivity contribution < 1.29 is 23.5 Å². The van der Waals surface area contributed by atoms with Crippen LogP contribution < -0.4 is 15.0 Å². The molecule has 3 aromatic carbocycles. The second kappa shape index (κ2) is 10.1. The number of halogens is 4. The predicted molar refractivity (Wildman–Crippen MR) is 133 cm³/mol. The summed E-state index contributed by atoms with van der Waals surface area (Å²) < 4.78 is 20.0. The van der Waals surface area contributed by atoms with Crippen LogP contribution in [0, 0.1) is 5.82 Å². The summed E-state index contributed by atoms with van der Waals surface area (Å²) in [7, 11) is 0. The van der Waals surface area contributed by atoms with Gasteiger partial charge >= 0.3 is 6.03 Å². The van der Waals surface area contributed by atoms with Gasteiger partial charge in [0, 0.05) is 0 Å². The highest BCUT2D eigenvalue weighted by atomic mass is 79.9. The van der Waals surface area contributed by atoms with Crippen LogP contribution in [0.15, 0.2) is 75.2 Å². The van der Waals surface area contributed by atoms with Crippen LogP contribution in [0.1, 0.15) is 11.1 Å². The smallest absolute Gasteiger partial charge is 0.335 e. The lowest BCUT2D eigenvalue weighted by atomic mass is 10.1. The van der Waals surface area contributed by atoms with E-state index in [0.717, 1.165) is 10.5 Å². The molecule has 1 saturated heterocycles. The first-order valence-electron chi connectivity index (χ1n) is 9.77. The summed E-state index contributed by atoms with van der Waals surface area (Å²) in [6.07, 6.45) is 1.37. The van der Waals surface area contributed by atoms with E-state index in [4.69, 9.17) is 16.3 Å². The molecule has 1 N–H and O–H groups in total. The number of hydrogen-bond donors (Lipinski definition) is 1. The van der Waals surface area contributed by atoms with E-state index in [1.807, 2.05) is 0 Å². The van der Waals surface area contributed by atoms with E-state index in [-0.39, 0.29) is 28.7 Å². The highest BCUT2D eigenvalue weighted by Crippen LogP contribution is 2.36. The van der Waals surface area contributed by atoms with Gasteiger partial charge in [-0.1, -0.05) is 35.9 Å². The van der Waals surface area contributed by atoms with Crippen molar-refractivity contribution in [1.29, 1.82) is 0 Å². The molecule has 1 fully saturated rings. The number of ether oxygens (including phenoxy) is 1. The first-order valence-corrected chi connectivity index (χ1v) is 11.7. The molecule has 3 aromatic rings. The van der Waals surface area contributed by atoms with E-state index in [2.05, 4.69) is 37.2 Å². The Morgan fingerprint density at radius 1 is 1.00 bits per heavy atom. The molecule has 0 aliphatic carbocycles. The molecule has 6 nitrogen and oxygen atoms in total. The fourth-order valence-electron chi connectivity index (χ4n) is 3.21. The molecule has 0 spiro atoms. The van der Waals surface area contributed by atoms with Crippen LogP contribution in [0.3, 0.4) is 0 Å². The third-order valence-electron chi connectivity index (χ3n) is 4.82. The number of hydrogen-bond acceptors (Lipinski definition) is 4. The van der Waals surface area contributed by atoms with Gasteiger partial charge in [0.15, 0.2) is 0 Å². The Morgan fingerprint density at radius 3 is 2.29 bits per heavy atom. The van der Waals surface area contributed by atoms with Gasteiger partial charge in [-0.05, 0) is 85.5 Å². The Hall–Kier alpha value is -3.01. The van der Waals surface area contributed by atoms with Crippen molar-refractivity contribution in [3.8, 4) is 5.75 Å². The number of rotatable bonds is 5. The fraction of sp³-hybridized carbons (Fsp3) is 0.0417. The maximum atomic E-state index is 13.1. The molecule has 172 valence electrons. The lowest BCUT2D eigenvalue weighted by Gasteiger charge is -2.27. The second-order valence-electron chi connectivity index (χ2n) is 7.14. The molecule has 1 heterocycles. The number of barbiturate groups is 1. The van der Waals surface area contributed by atoms with Gasteiger partial charge in [0.1, 0.15) is 23.7 Å². The number of benzene rings is 3. The van der Waals surface area contributed by atoms with E-state index in [0.29, 0.717) is 20.3 Å². The maximum Gasteiger partial charge on any atom is 0.335 e. The molecule has 4 amide bonds. The number of urea groups is 1. The van der Waals surface area contributed by atoms with Gasteiger partial charge in [-0.15, -0.1) is 0 Å². The molecule has 0 radical (unpaired) electrons. The number of nitrogens with one attached hydrogen (secondary N) is 1. The Bertz CT molecular complexity index is 1320. The van der Waals surface area contributed by atoms with Crippen LogP contribution in [-0.2, 0) is 16.2 Å². The maximum absolute atomic E-state index is 13.1. The largest absolute Gasteiger partial charge is 0.487 e. The van der Waals surface area contributed by atoms with Gasteiger partial charge < -0.3 is 4.74 Å². The Morgan fingerprint density at radius 2 is 1.65 bits per heavy atom. The van der Waals surface area contributed by atoms with Crippen LogP contribution in [0.4, 0.5) is 14.9 Å². The van der Waals surface area contributed by atoms with Gasteiger partial charge in [-0.2, -0.15) is 0 Å². The Labute approximate surface area is 215 Å². The first-order chi connectivity index (χ1) is 16.2. The van der Waals surface area contributed by atoms with Crippen molar-refractivity contribution in [2.75, 3.05) is 4.90 Å². The number of carbonyl (C=O) groups is 3. The van der Waals surface area contributed by atoms with E-state index >= 15 is 0 Å². The van der Waals surface area contributed by atoms with Crippen LogP contribution in [0.25, 0.3) is 6.08 Å². The zero-order valence-corrected chi connectivity index (χ0v) is 21.1. The third-order valence-corrected chi connectivity index (χ3v) is 6.32. The third kappa shape index (κ3) is 5.06. The lowest BCUT2D eigenvalue weighted by molar-refractivity contribution is -0.122. The molecule has 0 saturated carbocycles. The van der Waals surface area contributed by atoms with E-state index in [9.17, 15) is 18.8 Å². The monoisotopic (exact) mass is 606 g/mol. The van der Waals surface area contributed by atoms with Crippen molar-refractivity contribution in [3.63, 3.8) is 0 Å². The van der Waals surface area contributed by atoms with Crippen molar-refractivity contribution in [2.45, 2.75) is 6.61 Å². The normalized spacial score (nSPS) is 15.0. The molecule has 0 bridgehead atoms. The minimum absolute atomic E-state index is 0.164. The summed E-state index contributed by atoms with van der Waals surface area (Å²) in [6, 6.07) is 14.7. The highest BCUT2D eigenvalue weighted by molar-refractivity contribution is 9.11. The van der Waals surface area contributed by atoms with Crippen molar-refractivity contribution >= 4 is 73.1 Å². The number of amides is 4. The molecule has 1 aliphatic rings. The summed E-state index contributed by atoms with van der Waals surface area (Å²) in [6.45, 7) is 0.202. The molecular weight excluding hydrogens is 595 g/mol. The summed E-state index contributed by atoms with van der Waals surface area (Å²) >= 11 is 13.0. The molecule has 4 rings (SSSR count). The standard InChI is InChI=1S/C24H14Br2ClFN2O4/c25-17-10-14(11-18(26)21(17)34-12-13-5-7-15(28)8-6-13)9-16-22(31)29-24(33)30(23(16)32)20-4-2-1-3-19(20)27/h1-11H,12H2,(H,29,31,33)/b16-9+. The zero-order valence-electron chi connectivity index (χ0n) is 17.2. The van der Waals surface area contributed by atoms with Crippen molar-refractivity contribution in [1.82, 2.24) is 5.32 Å². The number of nitrogens with zero attached hydrogens (tertiary/aromatic N) is 1. The average molecular weight is 609 g/mol. The average Bonchev–Trinajstić information content (AvgIpc) is 2.78. The molecular formula is C24H14Br2ClFN2O4. The Kier molecular flexibility index (Phi) is 7.16. The highest BCUT2D eigenvalue weighted by Gasteiger charge is 2.37. The number of para-hydroxylation sites is 1. The molecule has 34 heavy (non-hydrogen) atoms. The van der Waals surface area contributed by atoms with Gasteiger partial charge in [0.2, 0.25) is 0 Å². The van der Waals surface area contributed by atoms with Crippen LogP contribution in [0.2, 0.25) is 5.02 Å².